The van der Waals surface area contributed by atoms with Crippen LogP contribution in [0.4, 0.5) is 10.5 Å². The lowest BCUT2D eigenvalue weighted by atomic mass is 10.0. The summed E-state index contributed by atoms with van der Waals surface area (Å²) < 4.78 is 0. The normalized spacial score (nSPS) is 25.9. The van der Waals surface area contributed by atoms with Crippen molar-refractivity contribution < 1.29 is 9.59 Å². The smallest absolute Gasteiger partial charge is 0.322 e. The van der Waals surface area contributed by atoms with E-state index in [1.807, 2.05) is 30.3 Å². The second kappa shape index (κ2) is 3.76. The molecule has 5 heteroatoms. The number of amides is 3. The fourth-order valence-corrected chi connectivity index (χ4v) is 2.38. The van der Waals surface area contributed by atoms with Crippen molar-refractivity contribution in [2.24, 2.45) is 0 Å². The van der Waals surface area contributed by atoms with E-state index < -0.39 is 0 Å². The molecular weight excluding hydrogens is 218 g/mol. The third kappa shape index (κ3) is 1.63. The van der Waals surface area contributed by atoms with Gasteiger partial charge in [0.1, 0.15) is 6.04 Å². The van der Waals surface area contributed by atoms with Gasteiger partial charge >= 0.3 is 6.03 Å². The van der Waals surface area contributed by atoms with E-state index in [1.54, 1.807) is 4.90 Å². The molecule has 2 saturated heterocycles. The fourth-order valence-electron chi connectivity index (χ4n) is 2.38. The number of urea groups is 1. The van der Waals surface area contributed by atoms with Crippen LogP contribution in [0.3, 0.4) is 0 Å². The number of nitrogens with zero attached hydrogens (tertiary/aromatic N) is 1. The molecule has 1 aromatic rings. The first kappa shape index (κ1) is 10.1. The van der Waals surface area contributed by atoms with Gasteiger partial charge in [0, 0.05) is 12.2 Å². The summed E-state index contributed by atoms with van der Waals surface area (Å²) >= 11 is 0. The molecule has 2 N–H and O–H groups in total. The summed E-state index contributed by atoms with van der Waals surface area (Å²) in [6, 6.07) is 8.96. The average Bonchev–Trinajstić information content (AvgIpc) is 2.67. The maximum atomic E-state index is 12.0. The Hall–Kier alpha value is -2.04. The molecule has 0 unspecified atom stereocenters. The Morgan fingerprint density at radius 1 is 1.35 bits per heavy atom. The number of para-hydroxylation sites is 1. The van der Waals surface area contributed by atoms with Crippen LogP contribution in [0.1, 0.15) is 6.42 Å². The van der Waals surface area contributed by atoms with Crippen LogP contribution >= 0.6 is 0 Å². The van der Waals surface area contributed by atoms with Gasteiger partial charge in [0.15, 0.2) is 0 Å². The number of rotatable bonds is 1. The largest absolute Gasteiger partial charge is 0.349 e. The molecule has 2 fully saturated rings. The molecule has 0 bridgehead atoms. The number of likely N-dealkylation sites (tertiary alicyclic amines) is 1. The molecule has 2 atom stereocenters. The van der Waals surface area contributed by atoms with Crippen molar-refractivity contribution >= 4 is 17.6 Å². The van der Waals surface area contributed by atoms with E-state index in [-0.39, 0.29) is 24.0 Å². The van der Waals surface area contributed by atoms with E-state index in [9.17, 15) is 9.59 Å². The zero-order valence-electron chi connectivity index (χ0n) is 9.22. The number of nitrogens with one attached hydrogen (secondary N) is 2. The number of β-lactam (4-membered cyclic amide) rings is 1. The van der Waals surface area contributed by atoms with Crippen molar-refractivity contribution in [3.05, 3.63) is 30.3 Å². The maximum Gasteiger partial charge on any atom is 0.322 e. The fraction of sp³-hybridized carbons (Fsp3) is 0.333. The Morgan fingerprint density at radius 2 is 2.12 bits per heavy atom. The van der Waals surface area contributed by atoms with E-state index in [1.165, 1.54) is 0 Å². The summed E-state index contributed by atoms with van der Waals surface area (Å²) in [4.78, 5) is 24.9. The second-order valence-electron chi connectivity index (χ2n) is 4.34. The number of benzene rings is 1. The van der Waals surface area contributed by atoms with Crippen LogP contribution in [-0.2, 0) is 4.79 Å². The summed E-state index contributed by atoms with van der Waals surface area (Å²) in [5, 5.41) is 5.59. The zero-order valence-corrected chi connectivity index (χ0v) is 9.22. The predicted octanol–water partition coefficient (Wildman–Crippen LogP) is 0.791. The highest BCUT2D eigenvalue weighted by Gasteiger charge is 2.49. The van der Waals surface area contributed by atoms with Gasteiger partial charge in [0.2, 0.25) is 5.91 Å². The van der Waals surface area contributed by atoms with Crippen LogP contribution in [0.5, 0.6) is 0 Å². The van der Waals surface area contributed by atoms with Crippen LogP contribution in [0.2, 0.25) is 0 Å². The third-order valence-electron chi connectivity index (χ3n) is 3.28. The number of carbonyl (C=O) groups is 2. The zero-order chi connectivity index (χ0) is 11.8. The Kier molecular flexibility index (Phi) is 2.24. The van der Waals surface area contributed by atoms with Gasteiger partial charge in [-0.1, -0.05) is 18.2 Å². The van der Waals surface area contributed by atoms with Crippen LogP contribution < -0.4 is 10.6 Å². The van der Waals surface area contributed by atoms with Crippen LogP contribution in [0.15, 0.2) is 30.3 Å². The van der Waals surface area contributed by atoms with Crippen molar-refractivity contribution in [2.45, 2.75) is 18.5 Å². The van der Waals surface area contributed by atoms with Crippen molar-refractivity contribution in [2.75, 3.05) is 11.9 Å². The average molecular weight is 231 g/mol. The van der Waals surface area contributed by atoms with Crippen LogP contribution in [-0.4, -0.2) is 35.5 Å². The molecule has 17 heavy (non-hydrogen) atoms. The minimum absolute atomic E-state index is 0.0456. The lowest BCUT2D eigenvalue weighted by Crippen LogP contribution is -2.65. The molecular formula is C12H13N3O2. The van der Waals surface area contributed by atoms with Gasteiger partial charge in [0.05, 0.1) is 6.04 Å². The number of carbonyl (C=O) groups excluding carboxylic acids is 2. The van der Waals surface area contributed by atoms with Gasteiger partial charge < -0.3 is 15.5 Å². The predicted molar refractivity (Wildman–Crippen MR) is 62.5 cm³/mol. The van der Waals surface area contributed by atoms with E-state index in [0.717, 1.165) is 12.1 Å². The Morgan fingerprint density at radius 3 is 2.82 bits per heavy atom. The summed E-state index contributed by atoms with van der Waals surface area (Å²) in [6.07, 6.45) is 0.846. The van der Waals surface area contributed by atoms with Gasteiger partial charge in [-0.3, -0.25) is 4.79 Å². The van der Waals surface area contributed by atoms with Crippen LogP contribution in [0.25, 0.3) is 0 Å². The highest BCUT2D eigenvalue weighted by atomic mass is 16.2. The molecule has 3 rings (SSSR count). The molecule has 3 amide bonds. The van der Waals surface area contributed by atoms with Gasteiger partial charge in [0.25, 0.3) is 0 Å². The second-order valence-corrected chi connectivity index (χ2v) is 4.34. The first-order chi connectivity index (χ1) is 8.25. The van der Waals surface area contributed by atoms with Crippen molar-refractivity contribution in [3.8, 4) is 0 Å². The number of hydrogen-bond donors (Lipinski definition) is 2. The molecule has 2 heterocycles. The molecule has 0 aliphatic carbocycles. The highest BCUT2D eigenvalue weighted by molar-refractivity contribution is 5.97. The molecule has 0 saturated carbocycles. The summed E-state index contributed by atoms with van der Waals surface area (Å²) in [5.74, 6) is -0.0456. The van der Waals surface area contributed by atoms with E-state index in [2.05, 4.69) is 10.6 Å². The van der Waals surface area contributed by atoms with Gasteiger partial charge in [-0.05, 0) is 18.6 Å². The number of fused-ring (bicyclic) bond motifs is 1. The summed E-state index contributed by atoms with van der Waals surface area (Å²) in [6.45, 7) is 0.632. The molecule has 2 aliphatic heterocycles. The minimum Gasteiger partial charge on any atom is -0.349 e. The number of hydrogen-bond acceptors (Lipinski definition) is 2. The standard InChI is InChI=1S/C12H13N3O2/c16-11-10-9(14-11)6-7-15(10)12(17)13-8-4-2-1-3-5-8/h1-5,9-10H,6-7H2,(H,13,17)(H,14,16)/t9-,10+/m1/s1. The minimum atomic E-state index is -0.265. The first-order valence-electron chi connectivity index (χ1n) is 5.69. The molecule has 1 aromatic carbocycles. The first-order valence-corrected chi connectivity index (χ1v) is 5.69. The van der Waals surface area contributed by atoms with Gasteiger partial charge in [-0.15, -0.1) is 0 Å². The van der Waals surface area contributed by atoms with E-state index >= 15 is 0 Å². The monoisotopic (exact) mass is 231 g/mol. The Balaban J connectivity index is 1.69. The van der Waals surface area contributed by atoms with Crippen LogP contribution in [0, 0.1) is 0 Å². The SMILES string of the molecule is O=C1N[C@@H]2CCN(C(=O)Nc3ccccc3)[C@H]12. The molecule has 2 aliphatic rings. The topological polar surface area (TPSA) is 61.4 Å². The lowest BCUT2D eigenvalue weighted by molar-refractivity contribution is -0.132. The quantitative estimate of drug-likeness (QED) is 0.702. The highest BCUT2D eigenvalue weighted by Crippen LogP contribution is 2.25. The molecule has 88 valence electrons. The lowest BCUT2D eigenvalue weighted by Gasteiger charge is -2.35. The maximum absolute atomic E-state index is 12.0. The van der Waals surface area contributed by atoms with E-state index in [0.29, 0.717) is 6.54 Å². The number of anilines is 1. The Bertz CT molecular complexity index is 460. The summed E-state index contributed by atoms with van der Waals surface area (Å²) in [5.41, 5.74) is 0.751. The van der Waals surface area contributed by atoms with E-state index in [4.69, 9.17) is 0 Å². The molecule has 0 spiro atoms. The summed E-state index contributed by atoms with van der Waals surface area (Å²) in [7, 11) is 0. The van der Waals surface area contributed by atoms with Crippen molar-refractivity contribution in [1.82, 2.24) is 10.2 Å². The molecule has 5 nitrogen and oxygen atoms in total. The Labute approximate surface area is 98.8 Å². The van der Waals surface area contributed by atoms with Gasteiger partial charge in [-0.25, -0.2) is 4.79 Å². The van der Waals surface area contributed by atoms with Gasteiger partial charge in [-0.2, -0.15) is 0 Å². The van der Waals surface area contributed by atoms with Crippen molar-refractivity contribution in [1.29, 1.82) is 0 Å². The van der Waals surface area contributed by atoms with Crippen molar-refractivity contribution in [3.63, 3.8) is 0 Å². The molecule has 0 radical (unpaired) electrons. The molecule has 0 aromatic heterocycles. The third-order valence-corrected chi connectivity index (χ3v) is 3.28.